The normalized spacial score (nSPS) is 41.4. The van der Waals surface area contributed by atoms with Crippen molar-refractivity contribution in [2.45, 2.75) is 59.5 Å². The maximum Gasteiger partial charge on any atom is 0.303 e. The van der Waals surface area contributed by atoms with Gasteiger partial charge in [-0.05, 0) is 49.0 Å². The van der Waals surface area contributed by atoms with E-state index < -0.39 is 0 Å². The van der Waals surface area contributed by atoms with Crippen LogP contribution in [0.1, 0.15) is 53.4 Å². The minimum Gasteiger partial charge on any atom is -0.458 e. The summed E-state index contributed by atoms with van der Waals surface area (Å²) in [5, 5.41) is 0. The number of rotatable bonds is 1. The topological polar surface area (TPSA) is 26.3 Å². The number of esters is 1. The first-order valence-electron chi connectivity index (χ1n) is 6.82. The Morgan fingerprint density at radius 1 is 1.41 bits per heavy atom. The molecule has 0 aromatic carbocycles. The lowest BCUT2D eigenvalue weighted by molar-refractivity contribution is -0.145. The number of hydrogen-bond acceptors (Lipinski definition) is 2. The third-order valence-electron chi connectivity index (χ3n) is 5.11. The maximum absolute atomic E-state index is 11.0. The van der Waals surface area contributed by atoms with Gasteiger partial charge in [0.2, 0.25) is 0 Å². The van der Waals surface area contributed by atoms with Crippen molar-refractivity contribution in [1.29, 1.82) is 0 Å². The third-order valence-corrected chi connectivity index (χ3v) is 5.11. The molecule has 0 heterocycles. The van der Waals surface area contributed by atoms with Gasteiger partial charge >= 0.3 is 5.97 Å². The largest absolute Gasteiger partial charge is 0.458 e. The summed E-state index contributed by atoms with van der Waals surface area (Å²) in [4.78, 5) is 11.0. The molecule has 17 heavy (non-hydrogen) atoms. The van der Waals surface area contributed by atoms with Crippen LogP contribution in [-0.4, -0.2) is 12.1 Å². The Balaban J connectivity index is 2.19. The van der Waals surface area contributed by atoms with Gasteiger partial charge in [-0.3, -0.25) is 4.79 Å². The molecular weight excluding hydrogens is 212 g/mol. The van der Waals surface area contributed by atoms with E-state index in [1.54, 1.807) is 0 Å². The fourth-order valence-corrected chi connectivity index (χ4v) is 3.56. The van der Waals surface area contributed by atoms with Gasteiger partial charge in [-0.1, -0.05) is 26.3 Å². The predicted molar refractivity (Wildman–Crippen MR) is 68.5 cm³/mol. The van der Waals surface area contributed by atoms with Crippen molar-refractivity contribution in [2.24, 2.45) is 17.3 Å². The summed E-state index contributed by atoms with van der Waals surface area (Å²) < 4.78 is 5.33. The molecule has 0 N–H and O–H groups in total. The van der Waals surface area contributed by atoms with E-state index in [1.807, 2.05) is 0 Å². The van der Waals surface area contributed by atoms with Gasteiger partial charge < -0.3 is 4.74 Å². The Kier molecular flexibility index (Phi) is 3.33. The molecule has 2 heteroatoms. The van der Waals surface area contributed by atoms with Gasteiger partial charge in [0, 0.05) is 6.92 Å². The first kappa shape index (κ1) is 12.7. The zero-order chi connectivity index (χ0) is 12.6. The van der Waals surface area contributed by atoms with Crippen molar-refractivity contribution in [3.63, 3.8) is 0 Å². The van der Waals surface area contributed by atoms with Gasteiger partial charge in [-0.25, -0.2) is 0 Å². The first-order chi connectivity index (χ1) is 7.93. The molecule has 0 saturated heterocycles. The molecular formula is C15H24O2. The van der Waals surface area contributed by atoms with Crippen LogP contribution in [0, 0.1) is 17.3 Å². The number of allylic oxidation sites excluding steroid dienone is 1. The molecule has 2 aliphatic carbocycles. The van der Waals surface area contributed by atoms with Crippen LogP contribution in [0.5, 0.6) is 0 Å². The van der Waals surface area contributed by atoms with Gasteiger partial charge in [0.15, 0.2) is 0 Å². The van der Waals surface area contributed by atoms with Crippen molar-refractivity contribution in [2.75, 3.05) is 0 Å². The van der Waals surface area contributed by atoms with Crippen LogP contribution in [0.25, 0.3) is 0 Å². The zero-order valence-electron chi connectivity index (χ0n) is 11.5. The standard InChI is InChI=1S/C15H24O2/c1-10-5-6-13-9-14(17-12(3)16)7-8-15(13,4)11(10)2/h9-11,14H,5-8H2,1-4H3/t10-,11+,14+,15+/m0/s1. The number of ether oxygens (including phenoxy) is 1. The quantitative estimate of drug-likeness (QED) is 0.512. The predicted octanol–water partition coefficient (Wildman–Crippen LogP) is 3.71. The third kappa shape index (κ3) is 2.27. The van der Waals surface area contributed by atoms with Gasteiger partial charge in [0.1, 0.15) is 6.10 Å². The highest BCUT2D eigenvalue weighted by molar-refractivity contribution is 5.66. The van der Waals surface area contributed by atoms with E-state index in [0.717, 1.165) is 24.7 Å². The van der Waals surface area contributed by atoms with E-state index in [9.17, 15) is 4.79 Å². The Labute approximate surface area is 104 Å². The van der Waals surface area contributed by atoms with Crippen LogP contribution < -0.4 is 0 Å². The van der Waals surface area contributed by atoms with Gasteiger partial charge in [-0.15, -0.1) is 0 Å². The van der Waals surface area contributed by atoms with Crippen molar-refractivity contribution < 1.29 is 9.53 Å². The summed E-state index contributed by atoms with van der Waals surface area (Å²) in [6.45, 7) is 8.63. The van der Waals surface area contributed by atoms with E-state index in [4.69, 9.17) is 4.74 Å². The highest BCUT2D eigenvalue weighted by Gasteiger charge is 2.43. The Hall–Kier alpha value is -0.790. The Morgan fingerprint density at radius 2 is 2.12 bits per heavy atom. The second-order valence-corrected chi connectivity index (χ2v) is 6.10. The van der Waals surface area contributed by atoms with E-state index in [2.05, 4.69) is 26.8 Å². The van der Waals surface area contributed by atoms with E-state index in [-0.39, 0.29) is 12.1 Å². The Morgan fingerprint density at radius 3 is 2.76 bits per heavy atom. The fourth-order valence-electron chi connectivity index (χ4n) is 3.56. The number of carbonyl (C=O) groups excluding carboxylic acids is 1. The summed E-state index contributed by atoms with van der Waals surface area (Å²) in [5.74, 6) is 1.39. The monoisotopic (exact) mass is 236 g/mol. The average Bonchev–Trinajstić information content (AvgIpc) is 2.26. The van der Waals surface area contributed by atoms with Crippen LogP contribution in [0.15, 0.2) is 11.6 Å². The van der Waals surface area contributed by atoms with Crippen LogP contribution in [-0.2, 0) is 9.53 Å². The number of fused-ring (bicyclic) bond motifs is 1. The van der Waals surface area contributed by atoms with Gasteiger partial charge in [0.05, 0.1) is 0 Å². The summed E-state index contributed by atoms with van der Waals surface area (Å²) in [7, 11) is 0. The molecule has 0 radical (unpaired) electrons. The van der Waals surface area contributed by atoms with E-state index in [1.165, 1.54) is 25.3 Å². The molecule has 1 saturated carbocycles. The minimum atomic E-state index is -0.160. The van der Waals surface area contributed by atoms with Crippen LogP contribution in [0.2, 0.25) is 0 Å². The number of carbonyl (C=O) groups is 1. The van der Waals surface area contributed by atoms with Crippen molar-refractivity contribution >= 4 is 5.97 Å². The molecule has 4 atom stereocenters. The van der Waals surface area contributed by atoms with Gasteiger partial charge in [-0.2, -0.15) is 0 Å². The first-order valence-corrected chi connectivity index (χ1v) is 6.82. The lowest BCUT2D eigenvalue weighted by Gasteiger charge is -2.48. The maximum atomic E-state index is 11.0. The molecule has 2 rings (SSSR count). The minimum absolute atomic E-state index is 0.0242. The molecule has 96 valence electrons. The summed E-state index contributed by atoms with van der Waals surface area (Å²) in [6, 6.07) is 0. The summed E-state index contributed by atoms with van der Waals surface area (Å²) in [6.07, 6.45) is 6.85. The van der Waals surface area contributed by atoms with E-state index in [0.29, 0.717) is 5.41 Å². The molecule has 0 aliphatic heterocycles. The lowest BCUT2D eigenvalue weighted by Crippen LogP contribution is -2.40. The summed E-state index contributed by atoms with van der Waals surface area (Å²) in [5.41, 5.74) is 1.87. The molecule has 0 unspecified atom stereocenters. The smallest absolute Gasteiger partial charge is 0.303 e. The summed E-state index contributed by atoms with van der Waals surface area (Å²) >= 11 is 0. The molecule has 2 nitrogen and oxygen atoms in total. The Bertz CT molecular complexity index is 345. The lowest BCUT2D eigenvalue weighted by atomic mass is 9.57. The number of hydrogen-bond donors (Lipinski definition) is 0. The van der Waals surface area contributed by atoms with Crippen LogP contribution >= 0.6 is 0 Å². The van der Waals surface area contributed by atoms with Crippen molar-refractivity contribution in [1.82, 2.24) is 0 Å². The zero-order valence-corrected chi connectivity index (χ0v) is 11.5. The highest BCUT2D eigenvalue weighted by atomic mass is 16.5. The molecule has 0 aromatic rings. The SMILES string of the molecule is CC(=O)O[C@H]1C=C2CC[C@H](C)[C@@H](C)[C@@]2(C)CC1. The second kappa shape index (κ2) is 4.47. The van der Waals surface area contributed by atoms with Crippen LogP contribution in [0.4, 0.5) is 0 Å². The fraction of sp³-hybridized carbons (Fsp3) is 0.800. The molecule has 0 amide bonds. The molecule has 1 fully saturated rings. The van der Waals surface area contributed by atoms with E-state index >= 15 is 0 Å². The van der Waals surface area contributed by atoms with Crippen LogP contribution in [0.3, 0.4) is 0 Å². The molecule has 0 bridgehead atoms. The highest BCUT2D eigenvalue weighted by Crippen LogP contribution is 2.52. The second-order valence-electron chi connectivity index (χ2n) is 6.10. The molecule has 2 aliphatic rings. The molecule has 0 spiro atoms. The van der Waals surface area contributed by atoms with Crippen molar-refractivity contribution in [3.8, 4) is 0 Å². The average molecular weight is 236 g/mol. The molecule has 0 aromatic heterocycles. The van der Waals surface area contributed by atoms with Gasteiger partial charge in [0.25, 0.3) is 0 Å². The van der Waals surface area contributed by atoms with Crippen molar-refractivity contribution in [3.05, 3.63) is 11.6 Å².